The van der Waals surface area contributed by atoms with Crippen molar-refractivity contribution in [1.82, 2.24) is 10.6 Å². The lowest BCUT2D eigenvalue weighted by Gasteiger charge is -2.22. The molecule has 0 spiro atoms. The molecule has 0 aromatic rings. The largest absolute Gasteiger partial charge is 0.444 e. The quantitative estimate of drug-likeness (QED) is 0.825. The van der Waals surface area contributed by atoms with Gasteiger partial charge in [-0.2, -0.15) is 5.26 Å². The van der Waals surface area contributed by atoms with Crippen molar-refractivity contribution in [1.29, 1.82) is 5.26 Å². The molecule has 114 valence electrons. The standard InChI is InChI=1S/C13H23N3O4/c1-12(2,3)19-10(17)15-8-9(7-14)16-11(18)20-13(4,5)6/h9H,8H2,1-6H3,(H,15,17)(H,16,18). The predicted molar refractivity (Wildman–Crippen MR) is 73.0 cm³/mol. The predicted octanol–water partition coefficient (Wildman–Crippen LogP) is 1.93. The summed E-state index contributed by atoms with van der Waals surface area (Å²) in [4.78, 5) is 22.9. The van der Waals surface area contributed by atoms with Crippen LogP contribution in [0.2, 0.25) is 0 Å². The number of nitrogens with one attached hydrogen (secondary N) is 2. The van der Waals surface area contributed by atoms with Crippen molar-refractivity contribution in [3.05, 3.63) is 0 Å². The van der Waals surface area contributed by atoms with Crippen molar-refractivity contribution < 1.29 is 19.1 Å². The normalized spacial score (nSPS) is 12.8. The summed E-state index contributed by atoms with van der Waals surface area (Å²) in [5.41, 5.74) is -1.27. The van der Waals surface area contributed by atoms with Crippen LogP contribution in [-0.4, -0.2) is 36.0 Å². The van der Waals surface area contributed by atoms with E-state index in [1.807, 2.05) is 6.07 Å². The highest BCUT2D eigenvalue weighted by Gasteiger charge is 2.21. The average Bonchev–Trinajstić information content (AvgIpc) is 2.18. The minimum Gasteiger partial charge on any atom is -0.444 e. The number of hydrogen-bond donors (Lipinski definition) is 2. The summed E-state index contributed by atoms with van der Waals surface area (Å²) < 4.78 is 10.0. The lowest BCUT2D eigenvalue weighted by Crippen LogP contribution is -2.45. The van der Waals surface area contributed by atoms with Crippen molar-refractivity contribution >= 4 is 12.2 Å². The number of amides is 2. The number of alkyl carbamates (subject to hydrolysis) is 2. The number of hydrogen-bond acceptors (Lipinski definition) is 5. The van der Waals surface area contributed by atoms with Crippen molar-refractivity contribution in [2.24, 2.45) is 0 Å². The first-order valence-electron chi connectivity index (χ1n) is 6.29. The molecule has 2 amide bonds. The van der Waals surface area contributed by atoms with Crippen LogP contribution in [0.1, 0.15) is 41.5 Å². The second kappa shape index (κ2) is 6.98. The highest BCUT2D eigenvalue weighted by molar-refractivity contribution is 5.70. The monoisotopic (exact) mass is 285 g/mol. The molecule has 0 fully saturated rings. The molecule has 0 rings (SSSR count). The number of ether oxygens (including phenoxy) is 2. The van der Waals surface area contributed by atoms with Gasteiger partial charge in [-0.15, -0.1) is 0 Å². The van der Waals surface area contributed by atoms with Gasteiger partial charge in [0.2, 0.25) is 0 Å². The Morgan fingerprint density at radius 2 is 1.50 bits per heavy atom. The fraction of sp³-hybridized carbons (Fsp3) is 0.769. The number of nitriles is 1. The third-order valence-corrected chi connectivity index (χ3v) is 1.70. The Balaban J connectivity index is 4.21. The topological polar surface area (TPSA) is 100 Å². The summed E-state index contributed by atoms with van der Waals surface area (Å²) in [6.45, 7) is 10.3. The molecule has 7 heteroatoms. The van der Waals surface area contributed by atoms with Crippen LogP contribution in [-0.2, 0) is 9.47 Å². The van der Waals surface area contributed by atoms with Gasteiger partial charge in [-0.1, -0.05) is 0 Å². The second-order valence-electron chi connectivity index (χ2n) is 6.21. The zero-order chi connectivity index (χ0) is 16.0. The van der Waals surface area contributed by atoms with E-state index in [0.29, 0.717) is 0 Å². The van der Waals surface area contributed by atoms with Crippen molar-refractivity contribution in [3.8, 4) is 6.07 Å². The highest BCUT2D eigenvalue weighted by Crippen LogP contribution is 2.07. The average molecular weight is 285 g/mol. The Bertz CT molecular complexity index is 388. The molecule has 0 saturated carbocycles. The molecular weight excluding hydrogens is 262 g/mol. The van der Waals surface area contributed by atoms with E-state index in [2.05, 4.69) is 10.6 Å². The molecule has 0 aromatic heterocycles. The Hall–Kier alpha value is -1.97. The van der Waals surface area contributed by atoms with Crippen LogP contribution in [0.15, 0.2) is 0 Å². The van der Waals surface area contributed by atoms with E-state index >= 15 is 0 Å². The Morgan fingerprint density at radius 3 is 1.90 bits per heavy atom. The van der Waals surface area contributed by atoms with Crippen molar-refractivity contribution in [2.75, 3.05) is 6.54 Å². The summed E-state index contributed by atoms with van der Waals surface area (Å²) in [5.74, 6) is 0. The molecule has 0 bridgehead atoms. The molecule has 0 saturated heterocycles. The van der Waals surface area contributed by atoms with E-state index in [4.69, 9.17) is 14.7 Å². The van der Waals surface area contributed by atoms with E-state index in [9.17, 15) is 9.59 Å². The molecule has 0 heterocycles. The van der Waals surface area contributed by atoms with Crippen LogP contribution in [0, 0.1) is 11.3 Å². The zero-order valence-corrected chi connectivity index (χ0v) is 12.9. The van der Waals surface area contributed by atoms with Gasteiger partial charge < -0.3 is 20.1 Å². The second-order valence-corrected chi connectivity index (χ2v) is 6.21. The first kappa shape index (κ1) is 18.0. The van der Waals surface area contributed by atoms with Gasteiger partial charge in [0.05, 0.1) is 12.6 Å². The maximum Gasteiger partial charge on any atom is 0.408 e. The highest BCUT2D eigenvalue weighted by atomic mass is 16.6. The van der Waals surface area contributed by atoms with Gasteiger partial charge in [0.15, 0.2) is 0 Å². The minimum absolute atomic E-state index is 0.0648. The first-order valence-corrected chi connectivity index (χ1v) is 6.29. The maximum atomic E-state index is 11.5. The van der Waals surface area contributed by atoms with Crippen LogP contribution in [0.4, 0.5) is 9.59 Å². The summed E-state index contributed by atoms with van der Waals surface area (Å²) >= 11 is 0. The SMILES string of the molecule is CC(C)(C)OC(=O)NCC(C#N)NC(=O)OC(C)(C)C. The van der Waals surface area contributed by atoms with Crippen LogP contribution in [0.5, 0.6) is 0 Å². The van der Waals surface area contributed by atoms with Crippen molar-refractivity contribution in [2.45, 2.75) is 58.8 Å². The van der Waals surface area contributed by atoms with E-state index in [1.54, 1.807) is 41.5 Å². The van der Waals surface area contributed by atoms with Gasteiger partial charge in [-0.3, -0.25) is 0 Å². The van der Waals surface area contributed by atoms with Crippen LogP contribution in [0.3, 0.4) is 0 Å². The molecule has 0 aromatic carbocycles. The van der Waals surface area contributed by atoms with E-state index < -0.39 is 29.4 Å². The zero-order valence-electron chi connectivity index (χ0n) is 12.9. The van der Waals surface area contributed by atoms with Crippen molar-refractivity contribution in [3.63, 3.8) is 0 Å². The molecule has 0 aliphatic carbocycles. The summed E-state index contributed by atoms with van der Waals surface area (Å²) in [6, 6.07) is 0.963. The van der Waals surface area contributed by atoms with Gasteiger partial charge >= 0.3 is 12.2 Å². The Kier molecular flexibility index (Phi) is 6.30. The molecule has 1 unspecified atom stereocenters. The van der Waals surface area contributed by atoms with E-state index in [-0.39, 0.29) is 6.54 Å². The summed E-state index contributed by atoms with van der Waals surface area (Å²) in [6.07, 6.45) is -1.36. The van der Waals surface area contributed by atoms with Gasteiger partial charge in [0, 0.05) is 0 Å². The lowest BCUT2D eigenvalue weighted by atomic mass is 10.2. The fourth-order valence-electron chi connectivity index (χ4n) is 1.08. The van der Waals surface area contributed by atoms with Crippen LogP contribution in [0.25, 0.3) is 0 Å². The fourth-order valence-corrected chi connectivity index (χ4v) is 1.08. The lowest BCUT2D eigenvalue weighted by molar-refractivity contribution is 0.0476. The molecule has 0 radical (unpaired) electrons. The summed E-state index contributed by atoms with van der Waals surface area (Å²) in [5, 5.41) is 13.7. The van der Waals surface area contributed by atoms with E-state index in [1.165, 1.54) is 0 Å². The molecule has 0 aliphatic heterocycles. The first-order chi connectivity index (χ1) is 8.93. The Labute approximate surface area is 119 Å². The number of carbonyl (C=O) groups excluding carboxylic acids is 2. The molecule has 2 N–H and O–H groups in total. The van der Waals surface area contributed by atoms with Gasteiger partial charge in [0.1, 0.15) is 17.2 Å². The Morgan fingerprint density at radius 1 is 1.05 bits per heavy atom. The third kappa shape index (κ3) is 10.00. The van der Waals surface area contributed by atoms with Crippen LogP contribution >= 0.6 is 0 Å². The smallest absolute Gasteiger partial charge is 0.408 e. The van der Waals surface area contributed by atoms with Gasteiger partial charge in [0.25, 0.3) is 0 Å². The molecule has 1 atom stereocenters. The van der Waals surface area contributed by atoms with Crippen LogP contribution < -0.4 is 10.6 Å². The number of rotatable bonds is 3. The van der Waals surface area contributed by atoms with Gasteiger partial charge in [-0.05, 0) is 41.5 Å². The number of carbonyl (C=O) groups is 2. The molecule has 0 aliphatic rings. The summed E-state index contributed by atoms with van der Waals surface area (Å²) in [7, 11) is 0. The van der Waals surface area contributed by atoms with Gasteiger partial charge in [-0.25, -0.2) is 9.59 Å². The van der Waals surface area contributed by atoms with E-state index in [0.717, 1.165) is 0 Å². The minimum atomic E-state index is -0.891. The maximum absolute atomic E-state index is 11.5. The number of nitrogens with zero attached hydrogens (tertiary/aromatic N) is 1. The molecule has 20 heavy (non-hydrogen) atoms. The molecule has 7 nitrogen and oxygen atoms in total. The third-order valence-electron chi connectivity index (χ3n) is 1.70. The molecular formula is C13H23N3O4.